The van der Waals surface area contributed by atoms with Gasteiger partial charge in [-0.2, -0.15) is 0 Å². The number of hydrogen-bond donors (Lipinski definition) is 0. The summed E-state index contributed by atoms with van der Waals surface area (Å²) in [4.78, 5) is 8.66. The Morgan fingerprint density at radius 2 is 2.00 bits per heavy atom. The van der Waals surface area contributed by atoms with Gasteiger partial charge in [0.05, 0.1) is 18.5 Å². The average molecular weight is 200 g/mol. The molecular weight excluding hydrogens is 188 g/mol. The summed E-state index contributed by atoms with van der Waals surface area (Å²) < 4.78 is 5.14. The van der Waals surface area contributed by atoms with Crippen LogP contribution in [0.1, 0.15) is 5.69 Å². The first-order chi connectivity index (χ1) is 7.29. The van der Waals surface area contributed by atoms with E-state index in [-0.39, 0.29) is 0 Å². The molecule has 0 bridgehead atoms. The van der Waals surface area contributed by atoms with Gasteiger partial charge in [0.15, 0.2) is 0 Å². The second kappa shape index (κ2) is 4.09. The van der Waals surface area contributed by atoms with Gasteiger partial charge < -0.3 is 4.74 Å². The molecule has 0 fully saturated rings. The fourth-order valence-corrected chi connectivity index (χ4v) is 1.36. The van der Waals surface area contributed by atoms with Crippen LogP contribution in [0.4, 0.5) is 0 Å². The van der Waals surface area contributed by atoms with E-state index in [1.165, 1.54) is 0 Å². The number of pyridine rings is 2. The normalized spacial score (nSPS) is 10.0. The number of rotatable bonds is 2. The Bertz CT molecular complexity index is 469. The molecule has 3 heteroatoms. The zero-order valence-electron chi connectivity index (χ0n) is 8.77. The van der Waals surface area contributed by atoms with Gasteiger partial charge in [-0.3, -0.25) is 9.97 Å². The lowest BCUT2D eigenvalue weighted by Crippen LogP contribution is -1.90. The molecule has 0 aliphatic heterocycles. The van der Waals surface area contributed by atoms with Crippen molar-refractivity contribution in [3.05, 3.63) is 42.2 Å². The highest BCUT2D eigenvalue weighted by Gasteiger charge is 2.01. The van der Waals surface area contributed by atoms with E-state index in [9.17, 15) is 0 Å². The molecule has 2 rings (SSSR count). The van der Waals surface area contributed by atoms with Gasteiger partial charge >= 0.3 is 0 Å². The van der Waals surface area contributed by atoms with E-state index in [0.29, 0.717) is 0 Å². The van der Waals surface area contributed by atoms with E-state index in [2.05, 4.69) is 9.97 Å². The predicted molar refractivity (Wildman–Crippen MR) is 58.8 cm³/mol. The summed E-state index contributed by atoms with van der Waals surface area (Å²) in [5.41, 5.74) is 2.68. The van der Waals surface area contributed by atoms with Crippen molar-refractivity contribution < 1.29 is 4.74 Å². The van der Waals surface area contributed by atoms with Crippen molar-refractivity contribution in [1.82, 2.24) is 9.97 Å². The Labute approximate surface area is 88.8 Å². The second-order valence-corrected chi connectivity index (χ2v) is 3.25. The molecule has 0 saturated heterocycles. The minimum absolute atomic E-state index is 0.795. The summed E-state index contributed by atoms with van der Waals surface area (Å²) in [6.45, 7) is 1.96. The van der Waals surface area contributed by atoms with Crippen LogP contribution in [0.3, 0.4) is 0 Å². The first kappa shape index (κ1) is 9.65. The standard InChI is InChI=1S/C12H12N2O/c1-9-4-3-5-11(14-9)12-8-10(15-2)6-7-13-12/h3-8H,1-2H3. The largest absolute Gasteiger partial charge is 0.497 e. The molecule has 76 valence electrons. The Hall–Kier alpha value is -1.90. The van der Waals surface area contributed by atoms with Crippen LogP contribution in [0, 0.1) is 6.92 Å². The maximum Gasteiger partial charge on any atom is 0.122 e. The highest BCUT2D eigenvalue weighted by atomic mass is 16.5. The van der Waals surface area contributed by atoms with Crippen LogP contribution in [0.15, 0.2) is 36.5 Å². The van der Waals surface area contributed by atoms with Crippen molar-refractivity contribution in [2.24, 2.45) is 0 Å². The third-order valence-electron chi connectivity index (χ3n) is 2.12. The van der Waals surface area contributed by atoms with Crippen LogP contribution < -0.4 is 4.74 Å². The molecule has 0 aliphatic carbocycles. The number of aryl methyl sites for hydroxylation is 1. The fourth-order valence-electron chi connectivity index (χ4n) is 1.36. The van der Waals surface area contributed by atoms with E-state index >= 15 is 0 Å². The van der Waals surface area contributed by atoms with Crippen molar-refractivity contribution >= 4 is 0 Å². The predicted octanol–water partition coefficient (Wildman–Crippen LogP) is 2.46. The molecule has 0 aliphatic rings. The fraction of sp³-hybridized carbons (Fsp3) is 0.167. The van der Waals surface area contributed by atoms with Crippen LogP contribution >= 0.6 is 0 Å². The van der Waals surface area contributed by atoms with Gasteiger partial charge in [0.1, 0.15) is 5.75 Å². The van der Waals surface area contributed by atoms with Crippen LogP contribution in [0.25, 0.3) is 11.4 Å². The summed E-state index contributed by atoms with van der Waals surface area (Å²) in [7, 11) is 1.64. The number of ether oxygens (including phenoxy) is 1. The lowest BCUT2D eigenvalue weighted by atomic mass is 10.2. The zero-order chi connectivity index (χ0) is 10.7. The highest BCUT2D eigenvalue weighted by Crippen LogP contribution is 2.19. The molecule has 0 radical (unpaired) electrons. The zero-order valence-corrected chi connectivity index (χ0v) is 8.77. The van der Waals surface area contributed by atoms with Crippen LogP contribution in [0.5, 0.6) is 5.75 Å². The van der Waals surface area contributed by atoms with Gasteiger partial charge in [0, 0.05) is 18.0 Å². The molecule has 0 N–H and O–H groups in total. The third kappa shape index (κ3) is 2.13. The summed E-state index contributed by atoms with van der Waals surface area (Å²) in [5, 5.41) is 0. The maximum atomic E-state index is 5.14. The molecule has 2 aromatic heterocycles. The quantitative estimate of drug-likeness (QED) is 0.747. The van der Waals surface area contributed by atoms with Crippen molar-refractivity contribution in [1.29, 1.82) is 0 Å². The van der Waals surface area contributed by atoms with Crippen molar-refractivity contribution in [2.45, 2.75) is 6.92 Å². The first-order valence-corrected chi connectivity index (χ1v) is 4.73. The molecule has 0 atom stereocenters. The molecule has 0 spiro atoms. The number of methoxy groups -OCH3 is 1. The monoisotopic (exact) mass is 200 g/mol. The van der Waals surface area contributed by atoms with Crippen molar-refractivity contribution in [3.8, 4) is 17.1 Å². The topological polar surface area (TPSA) is 35.0 Å². The summed E-state index contributed by atoms with van der Waals surface area (Å²) in [5.74, 6) is 0.795. The van der Waals surface area contributed by atoms with Crippen LogP contribution in [-0.2, 0) is 0 Å². The Balaban J connectivity index is 2.44. The molecule has 2 heterocycles. The van der Waals surface area contributed by atoms with Gasteiger partial charge in [-0.15, -0.1) is 0 Å². The second-order valence-electron chi connectivity index (χ2n) is 3.25. The Morgan fingerprint density at radius 1 is 1.13 bits per heavy atom. The highest BCUT2D eigenvalue weighted by molar-refractivity contribution is 5.55. The minimum Gasteiger partial charge on any atom is -0.497 e. The number of aromatic nitrogens is 2. The van der Waals surface area contributed by atoms with Crippen LogP contribution in [0.2, 0.25) is 0 Å². The number of nitrogens with zero attached hydrogens (tertiary/aromatic N) is 2. The molecule has 0 saturated carbocycles. The van der Waals surface area contributed by atoms with Crippen molar-refractivity contribution in [2.75, 3.05) is 7.11 Å². The van der Waals surface area contributed by atoms with Gasteiger partial charge in [-0.1, -0.05) is 6.07 Å². The molecule has 0 aromatic carbocycles. The molecule has 3 nitrogen and oxygen atoms in total. The van der Waals surface area contributed by atoms with Gasteiger partial charge in [0.25, 0.3) is 0 Å². The van der Waals surface area contributed by atoms with E-state index in [4.69, 9.17) is 4.74 Å². The smallest absolute Gasteiger partial charge is 0.122 e. The van der Waals surface area contributed by atoms with Crippen LogP contribution in [-0.4, -0.2) is 17.1 Å². The minimum atomic E-state index is 0.795. The van der Waals surface area contributed by atoms with E-state index < -0.39 is 0 Å². The van der Waals surface area contributed by atoms with Gasteiger partial charge in [-0.05, 0) is 25.1 Å². The SMILES string of the molecule is COc1ccnc(-c2cccc(C)n2)c1. The first-order valence-electron chi connectivity index (χ1n) is 4.73. The average Bonchev–Trinajstić information content (AvgIpc) is 2.29. The Kier molecular flexibility index (Phi) is 2.63. The van der Waals surface area contributed by atoms with E-state index in [1.807, 2.05) is 37.3 Å². The maximum absolute atomic E-state index is 5.14. The summed E-state index contributed by atoms with van der Waals surface area (Å²) >= 11 is 0. The molecule has 0 unspecified atom stereocenters. The molecular formula is C12H12N2O. The lowest BCUT2D eigenvalue weighted by Gasteiger charge is -2.03. The Morgan fingerprint density at radius 3 is 2.73 bits per heavy atom. The summed E-state index contributed by atoms with van der Waals surface area (Å²) in [6, 6.07) is 9.57. The lowest BCUT2D eigenvalue weighted by molar-refractivity contribution is 0.414. The molecule has 2 aromatic rings. The van der Waals surface area contributed by atoms with Crippen molar-refractivity contribution in [3.63, 3.8) is 0 Å². The molecule has 0 amide bonds. The number of hydrogen-bond acceptors (Lipinski definition) is 3. The molecule has 15 heavy (non-hydrogen) atoms. The van der Waals surface area contributed by atoms with Gasteiger partial charge in [0.2, 0.25) is 0 Å². The van der Waals surface area contributed by atoms with Gasteiger partial charge in [-0.25, -0.2) is 0 Å². The van der Waals surface area contributed by atoms with E-state index in [1.54, 1.807) is 13.3 Å². The van der Waals surface area contributed by atoms with E-state index in [0.717, 1.165) is 22.8 Å². The third-order valence-corrected chi connectivity index (χ3v) is 2.12. The summed E-state index contributed by atoms with van der Waals surface area (Å²) in [6.07, 6.45) is 1.72.